The minimum absolute atomic E-state index is 0.0242. The van der Waals surface area contributed by atoms with Crippen LogP contribution in [0.25, 0.3) is 0 Å². The van der Waals surface area contributed by atoms with Crippen LogP contribution < -0.4 is 0 Å². The second-order valence-corrected chi connectivity index (χ2v) is 5.76. The van der Waals surface area contributed by atoms with Crippen molar-refractivity contribution in [2.75, 3.05) is 0 Å². The van der Waals surface area contributed by atoms with Crippen molar-refractivity contribution in [1.82, 2.24) is 0 Å². The van der Waals surface area contributed by atoms with Gasteiger partial charge in [0.1, 0.15) is 0 Å². The molecule has 0 bridgehead atoms. The summed E-state index contributed by atoms with van der Waals surface area (Å²) in [5.41, 5.74) is 0. The molecule has 0 N–H and O–H groups in total. The van der Waals surface area contributed by atoms with Gasteiger partial charge < -0.3 is 0 Å². The quantitative estimate of drug-likeness (QED) is 0.427. The molecule has 0 aliphatic carbocycles. The van der Waals surface area contributed by atoms with Gasteiger partial charge in [-0.2, -0.15) is 0 Å². The van der Waals surface area contributed by atoms with Crippen LogP contribution in [0.3, 0.4) is 0 Å². The summed E-state index contributed by atoms with van der Waals surface area (Å²) in [4.78, 5) is 10.5. The number of hydrogen-bond acceptors (Lipinski definition) is 2. The van der Waals surface area contributed by atoms with Crippen molar-refractivity contribution in [3.63, 3.8) is 0 Å². The van der Waals surface area contributed by atoms with E-state index in [1.54, 1.807) is 0 Å². The first-order valence-corrected chi connectivity index (χ1v) is 7.61. The number of hydrogen-bond donors (Lipinski definition) is 0. The van der Waals surface area contributed by atoms with Gasteiger partial charge in [-0.25, -0.2) is 0 Å². The van der Waals surface area contributed by atoms with E-state index >= 15 is 0 Å². The van der Waals surface area contributed by atoms with E-state index in [9.17, 15) is 4.79 Å². The third-order valence-corrected chi connectivity index (χ3v) is 3.91. The first-order chi connectivity index (χ1) is 6.16. The first-order valence-electron chi connectivity index (χ1n) is 4.62. The molecule has 2 nitrogen and oxygen atoms in total. The van der Waals surface area contributed by atoms with Crippen molar-refractivity contribution in [1.29, 1.82) is 0 Å². The molecule has 0 amide bonds. The van der Waals surface area contributed by atoms with Gasteiger partial charge in [-0.15, -0.1) is 0 Å². The molecule has 0 saturated heterocycles. The Labute approximate surface area is 90.8 Å². The zero-order chi connectivity index (χ0) is 10.1. The summed E-state index contributed by atoms with van der Waals surface area (Å²) >= 11 is 0.0242. The summed E-state index contributed by atoms with van der Waals surface area (Å²) in [6, 6.07) is 0. The van der Waals surface area contributed by atoms with Crippen molar-refractivity contribution in [2.24, 2.45) is 0 Å². The molecule has 13 heavy (non-hydrogen) atoms. The third-order valence-electron chi connectivity index (χ3n) is 1.41. The van der Waals surface area contributed by atoms with Gasteiger partial charge in [0, 0.05) is 0 Å². The van der Waals surface area contributed by atoms with E-state index in [0.717, 1.165) is 0 Å². The Bertz CT molecular complexity index is 166. The average molecular weight is 298 g/mol. The Morgan fingerprint density at radius 3 is 2.85 bits per heavy atom. The fraction of sp³-hybridized carbons (Fsp3) is 0.700. The molecule has 0 aliphatic heterocycles. The molecule has 0 aromatic rings. The molecular weight excluding hydrogens is 280 g/mol. The number of carbonyl (C=O) groups is 1. The van der Waals surface area contributed by atoms with E-state index in [0.29, 0.717) is 0 Å². The van der Waals surface area contributed by atoms with Gasteiger partial charge in [0.25, 0.3) is 0 Å². The zero-order valence-corrected chi connectivity index (χ0v) is 10.9. The Morgan fingerprint density at radius 1 is 1.62 bits per heavy atom. The average Bonchev–Trinajstić information content (AvgIpc) is 2.02. The van der Waals surface area contributed by atoms with Crippen LogP contribution in [-0.2, 0) is 9.53 Å². The summed E-state index contributed by atoms with van der Waals surface area (Å²) in [6.45, 7) is 5.54. The zero-order valence-electron chi connectivity index (χ0n) is 8.58. The van der Waals surface area contributed by atoms with Gasteiger partial charge in [-0.3, -0.25) is 0 Å². The van der Waals surface area contributed by atoms with E-state index in [1.807, 2.05) is 13.0 Å². The van der Waals surface area contributed by atoms with E-state index < -0.39 is 0 Å². The van der Waals surface area contributed by atoms with Crippen molar-refractivity contribution in [3.05, 3.63) is 10.2 Å². The van der Waals surface area contributed by atoms with Gasteiger partial charge >= 0.3 is 90.8 Å². The van der Waals surface area contributed by atoms with Gasteiger partial charge in [-0.05, 0) is 0 Å². The Kier molecular flexibility index (Phi) is 8.59. The van der Waals surface area contributed by atoms with Crippen molar-refractivity contribution < 1.29 is 9.53 Å². The normalized spacial score (nSPS) is 13.2. The van der Waals surface area contributed by atoms with Crippen LogP contribution in [-0.4, -0.2) is 33.0 Å². The molecule has 0 aromatic heterocycles. The Hall–Kier alpha value is -0.000390. The Balaban J connectivity index is 3.41. The predicted molar refractivity (Wildman–Crippen MR) is 55.8 cm³/mol. The molecule has 0 heterocycles. The van der Waals surface area contributed by atoms with Crippen LogP contribution >= 0.6 is 0 Å². The van der Waals surface area contributed by atoms with Gasteiger partial charge in [-0.1, -0.05) is 0 Å². The number of unbranched alkanes of at least 4 members (excludes halogenated alkanes) is 1. The second-order valence-electron chi connectivity index (χ2n) is 2.87. The van der Waals surface area contributed by atoms with Crippen LogP contribution in [0.15, 0.2) is 10.2 Å². The molecule has 0 spiro atoms. The van der Waals surface area contributed by atoms with E-state index in [2.05, 4.69) is 11.0 Å². The van der Waals surface area contributed by atoms with Crippen LogP contribution in [0.5, 0.6) is 0 Å². The van der Waals surface area contributed by atoms with E-state index in [4.69, 9.17) is 4.74 Å². The minimum atomic E-state index is -0.202. The van der Waals surface area contributed by atoms with Gasteiger partial charge in [0.15, 0.2) is 0 Å². The molecule has 0 aromatic carbocycles. The molecule has 0 radical (unpaired) electrons. The number of rotatable bonds is 6. The molecule has 0 unspecified atom stereocenters. The molecule has 0 fully saturated rings. The Morgan fingerprint density at radius 2 is 2.31 bits per heavy atom. The number of ether oxygens (including phenoxy) is 1. The van der Waals surface area contributed by atoms with Crippen molar-refractivity contribution >= 4 is 26.9 Å². The molecular formula is C10H18O2Te. The summed E-state index contributed by atoms with van der Waals surface area (Å²) in [7, 11) is 0. The maximum absolute atomic E-state index is 10.5. The van der Waals surface area contributed by atoms with Crippen LogP contribution in [0.2, 0.25) is 4.47 Å². The molecule has 1 atom stereocenters. The van der Waals surface area contributed by atoms with Crippen molar-refractivity contribution in [3.8, 4) is 0 Å². The van der Waals surface area contributed by atoms with Crippen LogP contribution in [0.4, 0.5) is 0 Å². The monoisotopic (exact) mass is 300 g/mol. The topological polar surface area (TPSA) is 26.3 Å². The molecule has 76 valence electrons. The first kappa shape index (κ1) is 13.0. The van der Waals surface area contributed by atoms with E-state index in [1.165, 1.54) is 24.2 Å². The van der Waals surface area contributed by atoms with E-state index in [-0.39, 0.29) is 33.0 Å². The van der Waals surface area contributed by atoms with Crippen LogP contribution in [0.1, 0.15) is 33.6 Å². The predicted octanol–water partition coefficient (Wildman–Crippen LogP) is 2.37. The van der Waals surface area contributed by atoms with Crippen LogP contribution in [0, 0.1) is 0 Å². The summed E-state index contributed by atoms with van der Waals surface area (Å²) in [6.07, 6.45) is 4.55. The van der Waals surface area contributed by atoms with Crippen molar-refractivity contribution in [2.45, 2.75) is 44.2 Å². The summed E-state index contributed by atoms with van der Waals surface area (Å²) in [5.74, 6) is -0.202. The molecule has 0 saturated carbocycles. The van der Waals surface area contributed by atoms with Gasteiger partial charge in [0.2, 0.25) is 0 Å². The molecule has 0 rings (SSSR count). The SMILES string of the molecule is CCCC[Te]/C=C\[C@@H](C)OC(C)=O. The van der Waals surface area contributed by atoms with Gasteiger partial charge in [0.05, 0.1) is 0 Å². The standard InChI is InChI=1S/C10H18O2Te/c1-4-5-7-13-8-6-9(2)12-10(3)11/h6,8-9H,4-5,7H2,1-3H3/b8-6-/t9-/m1/s1. The fourth-order valence-electron chi connectivity index (χ4n) is 0.763. The number of esters is 1. The number of carbonyl (C=O) groups excluding carboxylic acids is 1. The third kappa shape index (κ3) is 9.92. The maximum atomic E-state index is 10.5. The summed E-state index contributed by atoms with van der Waals surface area (Å²) in [5, 5.41) is 0. The molecule has 3 heteroatoms. The summed E-state index contributed by atoms with van der Waals surface area (Å²) < 4.78 is 8.52. The second kappa shape index (κ2) is 8.59. The fourth-order valence-corrected chi connectivity index (χ4v) is 3.40. The molecule has 0 aliphatic rings.